The van der Waals surface area contributed by atoms with Gasteiger partial charge in [-0.1, -0.05) is 76.5 Å². The van der Waals surface area contributed by atoms with Crippen LogP contribution in [0.2, 0.25) is 0 Å². The Labute approximate surface area is 228 Å². The maximum Gasteiger partial charge on any atom is 0.330 e. The van der Waals surface area contributed by atoms with Crippen LogP contribution < -0.4 is 4.74 Å². The molecule has 1 atom stereocenters. The number of aromatic hydroxyl groups is 1. The van der Waals surface area contributed by atoms with Gasteiger partial charge in [-0.05, 0) is 55.9 Å². The zero-order chi connectivity index (χ0) is 27.8. The highest BCUT2D eigenvalue weighted by Gasteiger charge is 2.15. The van der Waals surface area contributed by atoms with E-state index in [1.807, 2.05) is 0 Å². The number of hydrogen-bond acceptors (Lipinski definition) is 7. The number of phenols is 1. The predicted molar refractivity (Wildman–Crippen MR) is 151 cm³/mol. The first-order valence-corrected chi connectivity index (χ1v) is 14.2. The summed E-state index contributed by atoms with van der Waals surface area (Å²) in [5, 5.41) is 19.1. The molecule has 1 rings (SSSR count). The fraction of sp³-hybridized carbons (Fsp3) is 0.613. The molecule has 0 aromatic heterocycles. The molecular formula is C31H48O7. The first-order valence-electron chi connectivity index (χ1n) is 14.2. The molecule has 0 radical (unpaired) electrons. The van der Waals surface area contributed by atoms with Gasteiger partial charge in [-0.3, -0.25) is 4.79 Å². The summed E-state index contributed by atoms with van der Waals surface area (Å²) < 4.78 is 15.3. The number of ether oxygens (including phenoxy) is 3. The normalized spacial score (nSPS) is 12.2. The third-order valence-electron chi connectivity index (χ3n) is 6.17. The highest BCUT2D eigenvalue weighted by atomic mass is 16.6. The van der Waals surface area contributed by atoms with E-state index in [1.54, 1.807) is 12.1 Å². The first kappa shape index (κ1) is 33.2. The third kappa shape index (κ3) is 16.8. The Bertz CT molecular complexity index is 832. The van der Waals surface area contributed by atoms with Gasteiger partial charge in [0.1, 0.15) is 6.61 Å². The fourth-order valence-electron chi connectivity index (χ4n) is 3.89. The highest BCUT2D eigenvalue weighted by Crippen LogP contribution is 2.26. The predicted octanol–water partition coefficient (Wildman–Crippen LogP) is 6.90. The Hall–Kier alpha value is -2.80. The number of aliphatic hydroxyl groups excluding tert-OH is 1. The summed E-state index contributed by atoms with van der Waals surface area (Å²) in [5.74, 6) is -0.742. The molecule has 2 N–H and O–H groups in total. The molecule has 0 bridgehead atoms. The van der Waals surface area contributed by atoms with Gasteiger partial charge in [0, 0.05) is 12.5 Å². The summed E-state index contributed by atoms with van der Waals surface area (Å²) >= 11 is 0. The molecule has 7 nitrogen and oxygen atoms in total. The van der Waals surface area contributed by atoms with Crippen LogP contribution in [0.5, 0.6) is 11.5 Å². The van der Waals surface area contributed by atoms with Crippen LogP contribution in [0.1, 0.15) is 102 Å². The second-order valence-corrected chi connectivity index (χ2v) is 9.52. The highest BCUT2D eigenvalue weighted by molar-refractivity contribution is 5.87. The Morgan fingerprint density at radius 2 is 1.55 bits per heavy atom. The van der Waals surface area contributed by atoms with Crippen LogP contribution in [-0.4, -0.2) is 48.6 Å². The van der Waals surface area contributed by atoms with Crippen molar-refractivity contribution >= 4 is 18.0 Å². The number of allylic oxidation sites excluding steroid dienone is 2. The molecule has 0 amide bonds. The van der Waals surface area contributed by atoms with Crippen LogP contribution >= 0.6 is 0 Å². The van der Waals surface area contributed by atoms with Crippen LogP contribution in [0.3, 0.4) is 0 Å². The zero-order valence-corrected chi connectivity index (χ0v) is 23.4. The maximum atomic E-state index is 12.1. The van der Waals surface area contributed by atoms with E-state index in [2.05, 4.69) is 19.1 Å². The SMILES string of the molecule is CCCCCCCC/C=C\CCCCCCCC(=O)O[C@@H](CO)COC(=O)C=Cc1ccc(O)c(OC)c1. The molecular weight excluding hydrogens is 484 g/mol. The quantitative estimate of drug-likeness (QED) is 0.0725. The minimum atomic E-state index is -0.892. The van der Waals surface area contributed by atoms with Gasteiger partial charge in [-0.2, -0.15) is 0 Å². The molecule has 0 aliphatic carbocycles. The smallest absolute Gasteiger partial charge is 0.330 e. The van der Waals surface area contributed by atoms with Gasteiger partial charge in [0.2, 0.25) is 0 Å². The molecule has 0 unspecified atom stereocenters. The third-order valence-corrected chi connectivity index (χ3v) is 6.17. The summed E-state index contributed by atoms with van der Waals surface area (Å²) in [6.07, 6.45) is 22.2. The van der Waals surface area contributed by atoms with Gasteiger partial charge in [0.05, 0.1) is 13.7 Å². The van der Waals surface area contributed by atoms with Crippen molar-refractivity contribution in [3.63, 3.8) is 0 Å². The fourth-order valence-corrected chi connectivity index (χ4v) is 3.89. The van der Waals surface area contributed by atoms with Crippen LogP contribution in [-0.2, 0) is 19.1 Å². The summed E-state index contributed by atoms with van der Waals surface area (Å²) in [7, 11) is 1.44. The van der Waals surface area contributed by atoms with E-state index in [9.17, 15) is 19.8 Å². The first-order chi connectivity index (χ1) is 18.5. The number of rotatable bonds is 22. The lowest BCUT2D eigenvalue weighted by Gasteiger charge is -2.15. The Morgan fingerprint density at radius 1 is 0.921 bits per heavy atom. The van der Waals surface area contributed by atoms with E-state index < -0.39 is 24.6 Å². The number of hydrogen-bond donors (Lipinski definition) is 2. The van der Waals surface area contributed by atoms with Crippen molar-refractivity contribution in [2.24, 2.45) is 0 Å². The monoisotopic (exact) mass is 532 g/mol. The van der Waals surface area contributed by atoms with Gasteiger partial charge in [0.15, 0.2) is 17.6 Å². The molecule has 0 saturated heterocycles. The van der Waals surface area contributed by atoms with Crippen LogP contribution in [0.4, 0.5) is 0 Å². The van der Waals surface area contributed by atoms with Crippen molar-refractivity contribution in [2.45, 2.75) is 103 Å². The zero-order valence-electron chi connectivity index (χ0n) is 23.4. The van der Waals surface area contributed by atoms with Gasteiger partial charge in [-0.25, -0.2) is 4.79 Å². The lowest BCUT2D eigenvalue weighted by Crippen LogP contribution is -2.28. The molecule has 38 heavy (non-hydrogen) atoms. The standard InChI is InChI=1S/C31H48O7/c1-3-4-5-6-7-8-9-10-11-12-13-14-15-16-17-18-31(35)38-27(24-32)25-37-30(34)22-20-26-19-21-28(33)29(23-26)36-2/h10-11,19-23,27,32-33H,3-9,12-18,24-25H2,1-2H3/b11-10-,22-20?/t27-/m0/s1. The molecule has 0 heterocycles. The molecule has 0 aliphatic heterocycles. The van der Waals surface area contributed by atoms with Crippen molar-refractivity contribution in [1.29, 1.82) is 0 Å². The molecule has 0 fully saturated rings. The van der Waals surface area contributed by atoms with Crippen molar-refractivity contribution in [3.8, 4) is 11.5 Å². The maximum absolute atomic E-state index is 12.1. The van der Waals surface area contributed by atoms with Gasteiger partial charge >= 0.3 is 11.9 Å². The molecule has 1 aromatic rings. The van der Waals surface area contributed by atoms with E-state index in [0.29, 0.717) is 11.3 Å². The number of phenolic OH excluding ortho intramolecular Hbond substituents is 1. The Kier molecular flexibility index (Phi) is 19.4. The van der Waals surface area contributed by atoms with Gasteiger partial charge < -0.3 is 24.4 Å². The topological polar surface area (TPSA) is 102 Å². The second-order valence-electron chi connectivity index (χ2n) is 9.52. The Morgan fingerprint density at radius 3 is 2.18 bits per heavy atom. The Balaban J connectivity index is 2.09. The van der Waals surface area contributed by atoms with E-state index in [1.165, 1.54) is 76.7 Å². The van der Waals surface area contributed by atoms with Gasteiger partial charge in [0.25, 0.3) is 0 Å². The van der Waals surface area contributed by atoms with Crippen LogP contribution in [0.15, 0.2) is 36.4 Å². The number of methoxy groups -OCH3 is 1. The number of carbonyl (C=O) groups excluding carboxylic acids is 2. The average Bonchev–Trinajstić information content (AvgIpc) is 2.92. The van der Waals surface area contributed by atoms with Crippen LogP contribution in [0, 0.1) is 0 Å². The number of unbranched alkanes of at least 4 members (excludes halogenated alkanes) is 11. The van der Waals surface area contributed by atoms with Crippen molar-refractivity contribution in [3.05, 3.63) is 42.0 Å². The van der Waals surface area contributed by atoms with E-state index in [-0.39, 0.29) is 18.8 Å². The number of benzene rings is 1. The summed E-state index contributed by atoms with van der Waals surface area (Å²) in [6, 6.07) is 4.66. The van der Waals surface area contributed by atoms with E-state index in [0.717, 1.165) is 32.1 Å². The number of carbonyl (C=O) groups is 2. The minimum absolute atomic E-state index is 0.00148. The van der Waals surface area contributed by atoms with Crippen molar-refractivity contribution in [1.82, 2.24) is 0 Å². The van der Waals surface area contributed by atoms with Crippen molar-refractivity contribution < 1.29 is 34.0 Å². The summed E-state index contributed by atoms with van der Waals surface area (Å²) in [5.41, 5.74) is 0.640. The number of aliphatic hydroxyl groups is 1. The average molecular weight is 533 g/mol. The minimum Gasteiger partial charge on any atom is -0.504 e. The number of esters is 2. The molecule has 0 saturated carbocycles. The summed E-state index contributed by atoms with van der Waals surface area (Å²) in [4.78, 5) is 24.0. The lowest BCUT2D eigenvalue weighted by molar-refractivity contribution is -0.159. The summed E-state index contributed by atoms with van der Waals surface area (Å²) in [6.45, 7) is 1.59. The van der Waals surface area contributed by atoms with Gasteiger partial charge in [-0.15, -0.1) is 0 Å². The molecule has 214 valence electrons. The molecule has 1 aromatic carbocycles. The van der Waals surface area contributed by atoms with E-state index in [4.69, 9.17) is 14.2 Å². The second kappa shape index (κ2) is 22.2. The largest absolute Gasteiger partial charge is 0.504 e. The van der Waals surface area contributed by atoms with Crippen molar-refractivity contribution in [2.75, 3.05) is 20.3 Å². The molecule has 0 spiro atoms. The molecule has 7 heteroatoms. The molecule has 0 aliphatic rings. The van der Waals surface area contributed by atoms with E-state index >= 15 is 0 Å². The lowest BCUT2D eigenvalue weighted by atomic mass is 10.1. The van der Waals surface area contributed by atoms with Crippen LogP contribution in [0.25, 0.3) is 6.08 Å².